The lowest BCUT2D eigenvalue weighted by Gasteiger charge is -2.35. The fourth-order valence-corrected chi connectivity index (χ4v) is 8.92. The van der Waals surface area contributed by atoms with E-state index in [9.17, 15) is 13.2 Å². The molecule has 1 aliphatic rings. The smallest absolute Gasteiger partial charge is 0.243 e. The van der Waals surface area contributed by atoms with Gasteiger partial charge in [-0.25, -0.2) is 23.1 Å². The lowest BCUT2D eigenvalue weighted by molar-refractivity contribution is -0.127. The highest BCUT2D eigenvalue weighted by Crippen LogP contribution is 2.45. The van der Waals surface area contributed by atoms with Crippen LogP contribution in [0.15, 0.2) is 78.2 Å². The topological polar surface area (TPSA) is 111 Å². The Morgan fingerprint density at radius 1 is 1.02 bits per heavy atom. The van der Waals surface area contributed by atoms with Crippen LogP contribution < -0.4 is 0 Å². The van der Waals surface area contributed by atoms with Gasteiger partial charge in [-0.05, 0) is 84.2 Å². The SMILES string of the molecule is CC[C@H]1Cc2ccccc2S(=O)(=O)N(Cc2cc([C@@H](c3ccc4c(nnn4CC)c3C)C(C)(C)C(=O)Cc3cncnc3)ccc2C)C1. The summed E-state index contributed by atoms with van der Waals surface area (Å²) in [5, 5.41) is 8.89. The number of aromatic nitrogens is 5. The minimum atomic E-state index is -3.72. The van der Waals surface area contributed by atoms with E-state index in [0.717, 1.165) is 62.8 Å². The summed E-state index contributed by atoms with van der Waals surface area (Å²) in [5.41, 5.74) is 7.38. The summed E-state index contributed by atoms with van der Waals surface area (Å²) >= 11 is 0. The molecule has 6 rings (SSSR count). The molecule has 0 amide bonds. The van der Waals surface area contributed by atoms with Crippen LogP contribution in [0.2, 0.25) is 0 Å². The van der Waals surface area contributed by atoms with Crippen molar-refractivity contribution in [3.63, 3.8) is 0 Å². The molecule has 48 heavy (non-hydrogen) atoms. The molecule has 0 fully saturated rings. The molecule has 9 nitrogen and oxygen atoms in total. The average Bonchev–Trinajstić information content (AvgIpc) is 3.46. The monoisotopic (exact) mass is 664 g/mol. The number of aryl methyl sites for hydroxylation is 3. The maximum atomic E-state index is 14.3. The normalized spacial score (nSPS) is 17.2. The van der Waals surface area contributed by atoms with Gasteiger partial charge in [0.05, 0.1) is 10.4 Å². The Balaban J connectivity index is 1.46. The van der Waals surface area contributed by atoms with Gasteiger partial charge in [-0.3, -0.25) is 4.79 Å². The molecule has 0 N–H and O–H groups in total. The van der Waals surface area contributed by atoms with E-state index in [4.69, 9.17) is 0 Å². The van der Waals surface area contributed by atoms with E-state index in [-0.39, 0.29) is 30.6 Å². The van der Waals surface area contributed by atoms with Gasteiger partial charge in [0.2, 0.25) is 10.0 Å². The predicted octanol–water partition coefficient (Wildman–Crippen LogP) is 6.60. The van der Waals surface area contributed by atoms with E-state index in [0.29, 0.717) is 18.0 Å². The van der Waals surface area contributed by atoms with Crippen molar-refractivity contribution in [3.8, 4) is 0 Å². The second kappa shape index (κ2) is 13.3. The molecule has 1 aliphatic heterocycles. The van der Waals surface area contributed by atoms with Crippen molar-refractivity contribution in [2.75, 3.05) is 6.54 Å². The Morgan fingerprint density at radius 3 is 2.50 bits per heavy atom. The molecule has 0 saturated carbocycles. The summed E-state index contributed by atoms with van der Waals surface area (Å²) in [6.45, 7) is 13.6. The van der Waals surface area contributed by atoms with Crippen LogP contribution in [0.1, 0.15) is 79.0 Å². The van der Waals surface area contributed by atoms with Crippen LogP contribution in [0.25, 0.3) is 11.0 Å². The molecule has 3 aromatic carbocycles. The van der Waals surface area contributed by atoms with Gasteiger partial charge in [-0.2, -0.15) is 4.31 Å². The van der Waals surface area contributed by atoms with Crippen LogP contribution in [0.3, 0.4) is 0 Å². The molecule has 0 saturated heterocycles. The number of ketones is 1. The van der Waals surface area contributed by atoms with Crippen molar-refractivity contribution in [2.45, 2.75) is 84.7 Å². The van der Waals surface area contributed by atoms with E-state index in [1.54, 1.807) is 28.8 Å². The number of benzene rings is 3. The second-order valence-corrected chi connectivity index (χ2v) is 15.5. The highest BCUT2D eigenvalue weighted by Gasteiger charge is 2.40. The van der Waals surface area contributed by atoms with Gasteiger partial charge in [0.15, 0.2) is 0 Å². The molecular formula is C38H44N6O3S. The van der Waals surface area contributed by atoms with Crippen molar-refractivity contribution in [3.05, 3.63) is 112 Å². The lowest BCUT2D eigenvalue weighted by Crippen LogP contribution is -2.35. The summed E-state index contributed by atoms with van der Waals surface area (Å²) < 4.78 is 31.8. The molecule has 5 aromatic rings. The standard InChI is InChI=1S/C38H44N6O3S/c1-7-27-17-29-11-9-10-12-34(29)48(46,47)43(22-27)23-31-19-30(14-13-25(31)3)36(38(5,6)35(45)18-28-20-39-24-40-21-28)32-15-16-33-37(26(32)4)41-42-44(33)8-2/h9-16,19-21,24,27,36H,7-8,17-18,22-23H2,1-6H3/t27-,36-/m0/s1. The summed E-state index contributed by atoms with van der Waals surface area (Å²) in [6, 6.07) is 17.8. The van der Waals surface area contributed by atoms with E-state index < -0.39 is 15.4 Å². The highest BCUT2D eigenvalue weighted by molar-refractivity contribution is 7.89. The zero-order valence-corrected chi connectivity index (χ0v) is 29.5. The largest absolute Gasteiger partial charge is 0.299 e. The number of hydrogen-bond donors (Lipinski definition) is 0. The first-order valence-corrected chi connectivity index (χ1v) is 18.2. The molecule has 2 aromatic heterocycles. The van der Waals surface area contributed by atoms with Crippen molar-refractivity contribution in [2.24, 2.45) is 11.3 Å². The van der Waals surface area contributed by atoms with E-state index in [1.165, 1.54) is 6.33 Å². The van der Waals surface area contributed by atoms with Crippen LogP contribution >= 0.6 is 0 Å². The molecule has 10 heteroatoms. The third kappa shape index (κ3) is 6.19. The van der Waals surface area contributed by atoms with E-state index in [2.05, 4.69) is 51.5 Å². The van der Waals surface area contributed by atoms with Gasteiger partial charge in [-0.1, -0.05) is 74.9 Å². The quantitative estimate of drug-likeness (QED) is 0.165. The zero-order valence-electron chi connectivity index (χ0n) is 28.6. The summed E-state index contributed by atoms with van der Waals surface area (Å²) in [5.74, 6) is -0.0854. The van der Waals surface area contributed by atoms with E-state index >= 15 is 0 Å². The molecule has 0 aliphatic carbocycles. The Bertz CT molecular complexity index is 2070. The predicted molar refractivity (Wildman–Crippen MR) is 187 cm³/mol. The fraction of sp³-hybridized carbons (Fsp3) is 0.395. The third-order valence-corrected chi connectivity index (χ3v) is 12.1. The van der Waals surface area contributed by atoms with Crippen LogP contribution in [-0.4, -0.2) is 50.0 Å². The first-order valence-electron chi connectivity index (χ1n) is 16.7. The van der Waals surface area contributed by atoms with Crippen molar-refractivity contribution < 1.29 is 13.2 Å². The summed E-state index contributed by atoms with van der Waals surface area (Å²) in [6.07, 6.45) is 6.64. The number of carbonyl (C=O) groups excluding carboxylic acids is 1. The van der Waals surface area contributed by atoms with Gasteiger partial charge in [-0.15, -0.1) is 5.10 Å². The molecule has 0 spiro atoms. The third-order valence-electron chi connectivity index (χ3n) is 10.2. The molecule has 250 valence electrons. The summed E-state index contributed by atoms with van der Waals surface area (Å²) in [7, 11) is -3.72. The Hall–Kier alpha value is -4.28. The van der Waals surface area contributed by atoms with Crippen LogP contribution in [-0.2, 0) is 40.7 Å². The van der Waals surface area contributed by atoms with E-state index in [1.807, 2.05) is 57.5 Å². The number of carbonyl (C=O) groups is 1. The molecule has 0 radical (unpaired) electrons. The first kappa shape index (κ1) is 33.6. The Morgan fingerprint density at radius 2 is 1.77 bits per heavy atom. The van der Waals surface area contributed by atoms with Crippen LogP contribution in [0.4, 0.5) is 0 Å². The minimum Gasteiger partial charge on any atom is -0.299 e. The number of hydrogen-bond acceptors (Lipinski definition) is 7. The number of rotatable bonds is 10. The van der Waals surface area contributed by atoms with Gasteiger partial charge in [0.25, 0.3) is 0 Å². The summed E-state index contributed by atoms with van der Waals surface area (Å²) in [4.78, 5) is 22.9. The molecule has 3 heterocycles. The van der Waals surface area contributed by atoms with Crippen molar-refractivity contribution in [1.29, 1.82) is 0 Å². The Kier molecular flexibility index (Phi) is 9.33. The Labute approximate surface area is 283 Å². The fourth-order valence-electron chi connectivity index (χ4n) is 7.19. The van der Waals surface area contributed by atoms with Gasteiger partial charge < -0.3 is 0 Å². The highest BCUT2D eigenvalue weighted by atomic mass is 32.2. The van der Waals surface area contributed by atoms with Gasteiger partial charge >= 0.3 is 0 Å². The molecule has 0 unspecified atom stereocenters. The minimum absolute atomic E-state index is 0.0543. The van der Waals surface area contributed by atoms with Crippen molar-refractivity contribution in [1.82, 2.24) is 29.3 Å². The molecule has 0 bridgehead atoms. The number of Topliss-reactive ketones (excluding diaryl/α,β-unsaturated/α-hetero) is 1. The maximum Gasteiger partial charge on any atom is 0.243 e. The van der Waals surface area contributed by atoms with Crippen LogP contribution in [0, 0.1) is 25.2 Å². The number of sulfonamides is 1. The second-order valence-electron chi connectivity index (χ2n) is 13.6. The van der Waals surface area contributed by atoms with Gasteiger partial charge in [0, 0.05) is 49.8 Å². The first-order chi connectivity index (χ1) is 22.9. The zero-order chi connectivity index (χ0) is 34.2. The molecular weight excluding hydrogens is 621 g/mol. The maximum absolute atomic E-state index is 14.3. The molecule has 2 atom stereocenters. The number of nitrogens with zero attached hydrogens (tertiary/aromatic N) is 6. The lowest BCUT2D eigenvalue weighted by atomic mass is 9.66. The van der Waals surface area contributed by atoms with Crippen molar-refractivity contribution >= 4 is 26.8 Å². The van der Waals surface area contributed by atoms with Crippen LogP contribution in [0.5, 0.6) is 0 Å². The van der Waals surface area contributed by atoms with Gasteiger partial charge in [0.1, 0.15) is 17.6 Å². The average molecular weight is 665 g/mol. The number of fused-ring (bicyclic) bond motifs is 2.